The van der Waals surface area contributed by atoms with E-state index in [2.05, 4.69) is 20.9 Å². The van der Waals surface area contributed by atoms with Crippen LogP contribution in [0.5, 0.6) is 0 Å². The lowest BCUT2D eigenvalue weighted by Gasteiger charge is -2.22. The molecule has 5 nitrogen and oxygen atoms in total. The summed E-state index contributed by atoms with van der Waals surface area (Å²) in [5, 5.41) is 9.41. The van der Waals surface area contributed by atoms with Crippen molar-refractivity contribution >= 4 is 27.5 Å². The van der Waals surface area contributed by atoms with Gasteiger partial charge in [0.2, 0.25) is 0 Å². The largest absolute Gasteiger partial charge is 0.395 e. The van der Waals surface area contributed by atoms with Gasteiger partial charge in [-0.15, -0.1) is 0 Å². The van der Waals surface area contributed by atoms with Crippen LogP contribution in [-0.4, -0.2) is 38.4 Å². The third kappa shape index (κ3) is 3.60. The van der Waals surface area contributed by atoms with E-state index in [1.165, 1.54) is 0 Å². The van der Waals surface area contributed by atoms with Crippen molar-refractivity contribution in [2.45, 2.75) is 20.4 Å². The summed E-state index contributed by atoms with van der Waals surface area (Å²) >= 11 is 3.52. The van der Waals surface area contributed by atoms with Crippen molar-refractivity contribution in [3.8, 4) is 0 Å². The molecule has 0 aliphatic heterocycles. The normalized spacial score (nSPS) is 11.0. The summed E-state index contributed by atoms with van der Waals surface area (Å²) < 4.78 is 2.68. The van der Waals surface area contributed by atoms with Gasteiger partial charge in [0.15, 0.2) is 5.65 Å². The van der Waals surface area contributed by atoms with Crippen molar-refractivity contribution in [2.24, 2.45) is 0 Å². The van der Waals surface area contributed by atoms with Crippen LogP contribution < -0.4 is 0 Å². The first-order valence-corrected chi connectivity index (χ1v) is 8.89. The van der Waals surface area contributed by atoms with Crippen LogP contribution in [0.1, 0.15) is 27.3 Å². The molecule has 0 spiro atoms. The summed E-state index contributed by atoms with van der Waals surface area (Å²) in [6, 6.07) is 11.7. The Labute approximate surface area is 155 Å². The molecule has 1 amide bonds. The highest BCUT2D eigenvalue weighted by Gasteiger charge is 2.23. The number of fused-ring (bicyclic) bond motifs is 1. The maximum Gasteiger partial charge on any atom is 0.273 e. The number of carbonyl (C=O) groups is 1. The number of aliphatic hydroxyl groups excluding tert-OH is 1. The zero-order chi connectivity index (χ0) is 18.0. The summed E-state index contributed by atoms with van der Waals surface area (Å²) in [6.07, 6.45) is 1.91. The lowest BCUT2D eigenvalue weighted by Crippen LogP contribution is -2.34. The van der Waals surface area contributed by atoms with Crippen molar-refractivity contribution in [1.82, 2.24) is 14.3 Å². The molecular weight excluding hydrogens is 382 g/mol. The molecule has 0 unspecified atom stereocenters. The topological polar surface area (TPSA) is 57.8 Å². The van der Waals surface area contributed by atoms with Crippen LogP contribution in [0.2, 0.25) is 0 Å². The molecule has 0 atom stereocenters. The second-order valence-corrected chi connectivity index (χ2v) is 6.90. The molecule has 0 radical (unpaired) electrons. The summed E-state index contributed by atoms with van der Waals surface area (Å²) in [5.74, 6) is -0.139. The van der Waals surface area contributed by atoms with E-state index in [4.69, 9.17) is 0 Å². The Morgan fingerprint density at radius 3 is 2.68 bits per heavy atom. The fourth-order valence-corrected chi connectivity index (χ4v) is 3.57. The number of carbonyl (C=O) groups excluding carboxylic acids is 1. The fraction of sp³-hybridized carbons (Fsp3) is 0.263. The van der Waals surface area contributed by atoms with E-state index in [0.29, 0.717) is 17.9 Å². The van der Waals surface area contributed by atoms with Crippen molar-refractivity contribution in [3.63, 3.8) is 0 Å². The number of hydrogen-bond acceptors (Lipinski definition) is 3. The van der Waals surface area contributed by atoms with Gasteiger partial charge >= 0.3 is 0 Å². The number of aliphatic hydroxyl groups is 1. The van der Waals surface area contributed by atoms with E-state index in [9.17, 15) is 9.90 Å². The van der Waals surface area contributed by atoms with Gasteiger partial charge in [-0.3, -0.25) is 9.20 Å². The van der Waals surface area contributed by atoms with Gasteiger partial charge in [-0.05, 0) is 47.0 Å². The van der Waals surface area contributed by atoms with E-state index in [1.54, 1.807) is 4.90 Å². The van der Waals surface area contributed by atoms with Gasteiger partial charge in [0.25, 0.3) is 5.91 Å². The Bertz CT molecular complexity index is 906. The monoisotopic (exact) mass is 401 g/mol. The lowest BCUT2D eigenvalue weighted by molar-refractivity contribution is 0.0700. The second kappa shape index (κ2) is 7.37. The number of hydrogen-bond donors (Lipinski definition) is 1. The number of rotatable bonds is 5. The minimum atomic E-state index is -0.139. The molecule has 0 aliphatic carbocycles. The molecule has 0 aliphatic rings. The quantitative estimate of drug-likeness (QED) is 0.712. The SMILES string of the molecule is Cc1cc(Br)c2nc(C)c(C(=O)N(CCO)Cc3ccccc3)n2c1. The minimum Gasteiger partial charge on any atom is -0.395 e. The highest BCUT2D eigenvalue weighted by atomic mass is 79.9. The Hall–Kier alpha value is -2.18. The van der Waals surface area contributed by atoms with Gasteiger partial charge in [0.1, 0.15) is 5.69 Å². The average molecular weight is 402 g/mol. The van der Waals surface area contributed by atoms with Crippen LogP contribution in [0, 0.1) is 13.8 Å². The van der Waals surface area contributed by atoms with Crippen LogP contribution in [0.15, 0.2) is 47.1 Å². The Balaban J connectivity index is 2.02. The number of aryl methyl sites for hydroxylation is 2. The van der Waals surface area contributed by atoms with Gasteiger partial charge in [-0.2, -0.15) is 0 Å². The van der Waals surface area contributed by atoms with E-state index in [0.717, 1.165) is 21.2 Å². The van der Waals surface area contributed by atoms with Gasteiger partial charge < -0.3 is 10.0 Å². The van der Waals surface area contributed by atoms with Crippen LogP contribution in [-0.2, 0) is 6.54 Å². The molecule has 0 saturated carbocycles. The molecule has 1 aromatic carbocycles. The summed E-state index contributed by atoms with van der Waals surface area (Å²) in [5.41, 5.74) is 3.97. The van der Waals surface area contributed by atoms with Crippen molar-refractivity contribution < 1.29 is 9.90 Å². The molecule has 0 fully saturated rings. The van der Waals surface area contributed by atoms with Gasteiger partial charge in [-0.1, -0.05) is 30.3 Å². The number of nitrogens with zero attached hydrogens (tertiary/aromatic N) is 3. The molecule has 3 aromatic rings. The van der Waals surface area contributed by atoms with Crippen molar-refractivity contribution in [2.75, 3.05) is 13.2 Å². The van der Waals surface area contributed by atoms with Crippen LogP contribution in [0.25, 0.3) is 5.65 Å². The predicted molar refractivity (Wildman–Crippen MR) is 101 cm³/mol. The molecule has 130 valence electrons. The smallest absolute Gasteiger partial charge is 0.273 e. The number of aromatic nitrogens is 2. The highest BCUT2D eigenvalue weighted by Crippen LogP contribution is 2.23. The molecule has 2 heterocycles. The Morgan fingerprint density at radius 2 is 2.00 bits per heavy atom. The summed E-state index contributed by atoms with van der Waals surface area (Å²) in [7, 11) is 0. The third-order valence-corrected chi connectivity index (χ3v) is 4.65. The molecule has 0 bridgehead atoms. The van der Waals surface area contributed by atoms with E-state index < -0.39 is 0 Å². The van der Waals surface area contributed by atoms with Crippen molar-refractivity contribution in [1.29, 1.82) is 0 Å². The Kier molecular flexibility index (Phi) is 5.20. The minimum absolute atomic E-state index is 0.0862. The third-order valence-electron chi connectivity index (χ3n) is 4.06. The fourth-order valence-electron chi connectivity index (χ4n) is 2.93. The number of halogens is 1. The first-order chi connectivity index (χ1) is 12.0. The molecular formula is C19H20BrN3O2. The molecule has 1 N–H and O–H groups in total. The molecule has 3 rings (SSSR count). The molecule has 2 aromatic heterocycles. The first-order valence-electron chi connectivity index (χ1n) is 8.10. The zero-order valence-corrected chi connectivity index (χ0v) is 15.8. The number of amides is 1. The van der Waals surface area contributed by atoms with E-state index in [1.807, 2.05) is 60.8 Å². The zero-order valence-electron chi connectivity index (χ0n) is 14.2. The van der Waals surface area contributed by atoms with E-state index in [-0.39, 0.29) is 19.1 Å². The van der Waals surface area contributed by atoms with E-state index >= 15 is 0 Å². The van der Waals surface area contributed by atoms with Gasteiger partial charge in [-0.25, -0.2) is 4.98 Å². The number of benzene rings is 1. The second-order valence-electron chi connectivity index (χ2n) is 6.04. The maximum absolute atomic E-state index is 13.2. The van der Waals surface area contributed by atoms with Crippen LogP contribution in [0.3, 0.4) is 0 Å². The number of imidazole rings is 1. The first kappa shape index (κ1) is 17.6. The predicted octanol–water partition coefficient (Wildman–Crippen LogP) is 3.35. The molecule has 0 saturated heterocycles. The average Bonchev–Trinajstić information content (AvgIpc) is 2.91. The Morgan fingerprint density at radius 1 is 1.28 bits per heavy atom. The van der Waals surface area contributed by atoms with Crippen molar-refractivity contribution in [3.05, 3.63) is 69.6 Å². The standard InChI is InChI=1S/C19H20BrN3O2/c1-13-10-16(20)18-21-14(2)17(23(18)11-13)19(25)22(8-9-24)12-15-6-4-3-5-7-15/h3-7,10-11,24H,8-9,12H2,1-2H3. The lowest BCUT2D eigenvalue weighted by atomic mass is 10.2. The van der Waals surface area contributed by atoms with Crippen LogP contribution >= 0.6 is 15.9 Å². The van der Waals surface area contributed by atoms with Crippen LogP contribution in [0.4, 0.5) is 0 Å². The summed E-state index contributed by atoms with van der Waals surface area (Å²) in [6.45, 7) is 4.44. The maximum atomic E-state index is 13.2. The number of pyridine rings is 1. The summed E-state index contributed by atoms with van der Waals surface area (Å²) in [4.78, 5) is 19.4. The molecule has 25 heavy (non-hydrogen) atoms. The highest BCUT2D eigenvalue weighted by molar-refractivity contribution is 9.10. The van der Waals surface area contributed by atoms with Gasteiger partial charge in [0, 0.05) is 19.3 Å². The van der Waals surface area contributed by atoms with Gasteiger partial charge in [0.05, 0.1) is 16.8 Å². The molecule has 6 heteroatoms.